The lowest BCUT2D eigenvalue weighted by atomic mass is 9.93. The van der Waals surface area contributed by atoms with Crippen LogP contribution < -0.4 is 10.6 Å². The van der Waals surface area contributed by atoms with E-state index in [9.17, 15) is 14.7 Å². The van der Waals surface area contributed by atoms with E-state index in [1.165, 1.54) is 0 Å². The minimum Gasteiger partial charge on any atom is -0.390 e. The van der Waals surface area contributed by atoms with Gasteiger partial charge in [0.25, 0.3) is 0 Å². The fourth-order valence-corrected chi connectivity index (χ4v) is 2.54. The van der Waals surface area contributed by atoms with Crippen LogP contribution in [-0.4, -0.2) is 34.6 Å². The van der Waals surface area contributed by atoms with Gasteiger partial charge in [0, 0.05) is 12.5 Å². The predicted octanol–water partition coefficient (Wildman–Crippen LogP) is 0.321. The Kier molecular flexibility index (Phi) is 3.61. The minimum atomic E-state index is -0.989. The normalized spacial score (nSPS) is 28.7. The fourth-order valence-electron chi connectivity index (χ4n) is 2.54. The number of amides is 2. The molecule has 2 fully saturated rings. The molecule has 2 atom stereocenters. The quantitative estimate of drug-likeness (QED) is 0.676. The molecule has 3 N–H and O–H groups in total. The third kappa shape index (κ3) is 3.70. The van der Waals surface area contributed by atoms with Gasteiger partial charge in [-0.1, -0.05) is 0 Å². The van der Waals surface area contributed by atoms with Gasteiger partial charge in [-0.05, 0) is 39.0 Å². The highest BCUT2D eigenvalue weighted by molar-refractivity contribution is 5.80. The Bertz CT molecular complexity index is 345. The molecule has 2 rings (SSSR count). The van der Waals surface area contributed by atoms with Crippen molar-refractivity contribution in [2.24, 2.45) is 5.92 Å². The molecule has 1 saturated heterocycles. The standard InChI is InChI=1S/C13H22N2O3/c1-13(2,18)7-11(17)14-9-5-6-10(16)15-12(9)8-3-4-8/h8-9,12,18H,3-7H2,1-2H3,(H,14,17)(H,15,16)/t9-,12+/m1/s1. The lowest BCUT2D eigenvalue weighted by molar-refractivity contribution is -0.129. The van der Waals surface area contributed by atoms with Crippen molar-refractivity contribution in [2.75, 3.05) is 0 Å². The molecule has 2 aliphatic rings. The van der Waals surface area contributed by atoms with Gasteiger partial charge < -0.3 is 15.7 Å². The molecule has 0 unspecified atom stereocenters. The summed E-state index contributed by atoms with van der Waals surface area (Å²) in [5.74, 6) is 0.455. The molecule has 1 aliphatic carbocycles. The van der Waals surface area contributed by atoms with Gasteiger partial charge >= 0.3 is 0 Å². The number of hydrogen-bond donors (Lipinski definition) is 3. The van der Waals surface area contributed by atoms with E-state index >= 15 is 0 Å². The van der Waals surface area contributed by atoms with E-state index < -0.39 is 5.60 Å². The van der Waals surface area contributed by atoms with Gasteiger partial charge in [-0.2, -0.15) is 0 Å². The summed E-state index contributed by atoms with van der Waals surface area (Å²) in [7, 11) is 0. The Balaban J connectivity index is 1.90. The third-order valence-electron chi connectivity index (χ3n) is 3.51. The largest absolute Gasteiger partial charge is 0.390 e. The Morgan fingerprint density at radius 2 is 2.11 bits per heavy atom. The predicted molar refractivity (Wildman–Crippen MR) is 66.7 cm³/mol. The number of carbonyl (C=O) groups excluding carboxylic acids is 2. The Hall–Kier alpha value is -1.10. The molecular formula is C13H22N2O3. The van der Waals surface area contributed by atoms with E-state index in [0.717, 1.165) is 12.8 Å². The number of carbonyl (C=O) groups is 2. The number of rotatable bonds is 4. The molecule has 0 bridgehead atoms. The number of nitrogens with one attached hydrogen (secondary N) is 2. The molecule has 5 heteroatoms. The maximum absolute atomic E-state index is 11.8. The molecule has 102 valence electrons. The van der Waals surface area contributed by atoms with Gasteiger partial charge in [0.05, 0.1) is 18.1 Å². The Labute approximate surface area is 107 Å². The second kappa shape index (κ2) is 4.88. The molecule has 0 spiro atoms. The van der Waals surface area contributed by atoms with E-state index in [1.807, 2.05) is 0 Å². The van der Waals surface area contributed by atoms with Crippen molar-refractivity contribution in [3.05, 3.63) is 0 Å². The lowest BCUT2D eigenvalue weighted by Gasteiger charge is -2.33. The van der Waals surface area contributed by atoms with Crippen molar-refractivity contribution < 1.29 is 14.7 Å². The summed E-state index contributed by atoms with van der Waals surface area (Å²) in [5.41, 5.74) is -0.989. The van der Waals surface area contributed by atoms with Crippen LogP contribution in [0.15, 0.2) is 0 Å². The van der Waals surface area contributed by atoms with Crippen LogP contribution in [-0.2, 0) is 9.59 Å². The van der Waals surface area contributed by atoms with Crippen molar-refractivity contribution in [3.8, 4) is 0 Å². The van der Waals surface area contributed by atoms with E-state index in [1.54, 1.807) is 13.8 Å². The van der Waals surface area contributed by atoms with Gasteiger partial charge in [-0.15, -0.1) is 0 Å². The molecule has 2 amide bonds. The molecule has 5 nitrogen and oxygen atoms in total. The fraction of sp³-hybridized carbons (Fsp3) is 0.846. The highest BCUT2D eigenvalue weighted by Gasteiger charge is 2.40. The van der Waals surface area contributed by atoms with Crippen LogP contribution in [0.5, 0.6) is 0 Å². The summed E-state index contributed by atoms with van der Waals surface area (Å²) in [6.45, 7) is 3.24. The number of piperidine rings is 1. The number of hydrogen-bond acceptors (Lipinski definition) is 3. The summed E-state index contributed by atoms with van der Waals surface area (Å²) < 4.78 is 0. The second-order valence-electron chi connectivity index (χ2n) is 6.13. The van der Waals surface area contributed by atoms with E-state index in [4.69, 9.17) is 0 Å². The summed E-state index contributed by atoms with van der Waals surface area (Å²) in [5, 5.41) is 15.6. The highest BCUT2D eigenvalue weighted by atomic mass is 16.3. The first-order chi connectivity index (χ1) is 8.35. The average molecular weight is 254 g/mol. The second-order valence-corrected chi connectivity index (χ2v) is 6.13. The Morgan fingerprint density at radius 1 is 1.44 bits per heavy atom. The summed E-state index contributed by atoms with van der Waals surface area (Å²) >= 11 is 0. The maximum atomic E-state index is 11.8. The zero-order valence-corrected chi connectivity index (χ0v) is 11.0. The molecule has 1 saturated carbocycles. The molecule has 0 radical (unpaired) electrons. The van der Waals surface area contributed by atoms with Crippen LogP contribution in [0.4, 0.5) is 0 Å². The first kappa shape index (κ1) is 13.3. The monoisotopic (exact) mass is 254 g/mol. The van der Waals surface area contributed by atoms with Crippen molar-refractivity contribution in [2.45, 2.75) is 63.6 Å². The van der Waals surface area contributed by atoms with Gasteiger partial charge in [0.15, 0.2) is 0 Å². The molecule has 0 aromatic rings. The van der Waals surface area contributed by atoms with Crippen LogP contribution >= 0.6 is 0 Å². The Morgan fingerprint density at radius 3 is 2.67 bits per heavy atom. The molecular weight excluding hydrogens is 232 g/mol. The van der Waals surface area contributed by atoms with Crippen molar-refractivity contribution in [3.63, 3.8) is 0 Å². The van der Waals surface area contributed by atoms with Crippen LogP contribution in [0.25, 0.3) is 0 Å². The molecule has 0 aromatic heterocycles. The smallest absolute Gasteiger partial charge is 0.223 e. The summed E-state index contributed by atoms with van der Waals surface area (Å²) in [6, 6.07) is 0.0991. The van der Waals surface area contributed by atoms with E-state index in [-0.39, 0.29) is 30.3 Å². The van der Waals surface area contributed by atoms with Crippen LogP contribution in [0.1, 0.15) is 46.0 Å². The van der Waals surface area contributed by atoms with Crippen molar-refractivity contribution in [1.29, 1.82) is 0 Å². The maximum Gasteiger partial charge on any atom is 0.223 e. The van der Waals surface area contributed by atoms with Gasteiger partial charge in [0.1, 0.15) is 0 Å². The van der Waals surface area contributed by atoms with Gasteiger partial charge in [-0.25, -0.2) is 0 Å². The summed E-state index contributed by atoms with van der Waals surface area (Å²) in [4.78, 5) is 23.2. The van der Waals surface area contributed by atoms with Gasteiger partial charge in [-0.3, -0.25) is 9.59 Å². The first-order valence-electron chi connectivity index (χ1n) is 6.66. The third-order valence-corrected chi connectivity index (χ3v) is 3.51. The molecule has 1 heterocycles. The zero-order valence-electron chi connectivity index (χ0n) is 11.0. The van der Waals surface area contributed by atoms with Gasteiger partial charge in [0.2, 0.25) is 11.8 Å². The highest BCUT2D eigenvalue weighted by Crippen LogP contribution is 2.36. The minimum absolute atomic E-state index is 0.0186. The molecule has 0 aromatic carbocycles. The van der Waals surface area contributed by atoms with Crippen LogP contribution in [0.3, 0.4) is 0 Å². The van der Waals surface area contributed by atoms with Crippen LogP contribution in [0, 0.1) is 5.92 Å². The zero-order chi connectivity index (χ0) is 13.3. The van der Waals surface area contributed by atoms with Crippen molar-refractivity contribution in [1.82, 2.24) is 10.6 Å². The average Bonchev–Trinajstić information content (AvgIpc) is 3.01. The van der Waals surface area contributed by atoms with Crippen LogP contribution in [0.2, 0.25) is 0 Å². The summed E-state index contributed by atoms with van der Waals surface area (Å²) in [6.07, 6.45) is 3.52. The van der Waals surface area contributed by atoms with E-state index in [2.05, 4.69) is 10.6 Å². The number of aliphatic hydroxyl groups is 1. The van der Waals surface area contributed by atoms with E-state index in [0.29, 0.717) is 18.8 Å². The lowest BCUT2D eigenvalue weighted by Crippen LogP contribution is -2.56. The molecule has 18 heavy (non-hydrogen) atoms. The SMILES string of the molecule is CC(C)(O)CC(=O)N[C@@H]1CCC(=O)N[C@H]1C1CC1. The first-order valence-corrected chi connectivity index (χ1v) is 6.66. The van der Waals surface area contributed by atoms with Crippen molar-refractivity contribution >= 4 is 11.8 Å². The topological polar surface area (TPSA) is 78.4 Å². The molecule has 1 aliphatic heterocycles.